The summed E-state index contributed by atoms with van der Waals surface area (Å²) in [6, 6.07) is 0. The Morgan fingerprint density at radius 1 is 1.06 bits per heavy atom. The number of hydrogen-bond acceptors (Lipinski definition) is 5. The maximum Gasteiger partial charge on any atom is 0.0900 e. The first-order valence-electron chi connectivity index (χ1n) is 7.00. The Bertz CT molecular complexity index is 191. The Balaban J connectivity index is 2.15. The summed E-state index contributed by atoms with van der Waals surface area (Å²) in [6.07, 6.45) is 5.70. The molecule has 0 aliphatic heterocycles. The molecular weight excluding hydrogens is 234 g/mol. The molecule has 0 aromatic heterocycles. The molecule has 1 atom stereocenters. The quantitative estimate of drug-likeness (QED) is 0.544. The fourth-order valence-electron chi connectivity index (χ4n) is 2.41. The van der Waals surface area contributed by atoms with Gasteiger partial charge in [0.25, 0.3) is 0 Å². The number of nitrogens with zero attached hydrogens (tertiary/aromatic N) is 1. The number of ether oxygens (including phenoxy) is 1. The lowest BCUT2D eigenvalue weighted by atomic mass is 9.98. The molecule has 1 fully saturated rings. The Morgan fingerprint density at radius 2 is 1.67 bits per heavy atom. The Kier molecular flexibility index (Phi) is 8.54. The second-order valence-electron chi connectivity index (χ2n) is 4.99. The molecular formula is C13H27NO4. The van der Waals surface area contributed by atoms with E-state index in [9.17, 15) is 5.11 Å². The van der Waals surface area contributed by atoms with E-state index < -0.39 is 6.10 Å². The number of rotatable bonds is 9. The molecule has 0 aromatic carbocycles. The zero-order valence-corrected chi connectivity index (χ0v) is 11.1. The molecule has 3 N–H and O–H groups in total. The van der Waals surface area contributed by atoms with Crippen molar-refractivity contribution < 1.29 is 20.1 Å². The van der Waals surface area contributed by atoms with E-state index >= 15 is 0 Å². The van der Waals surface area contributed by atoms with E-state index in [1.54, 1.807) is 0 Å². The van der Waals surface area contributed by atoms with Crippen LogP contribution < -0.4 is 0 Å². The van der Waals surface area contributed by atoms with E-state index in [1.165, 1.54) is 19.3 Å². The largest absolute Gasteiger partial charge is 0.395 e. The summed E-state index contributed by atoms with van der Waals surface area (Å²) in [5.74, 6) is 0. The van der Waals surface area contributed by atoms with E-state index in [2.05, 4.69) is 0 Å². The molecule has 1 saturated carbocycles. The van der Waals surface area contributed by atoms with Crippen molar-refractivity contribution in [3.63, 3.8) is 0 Å². The Morgan fingerprint density at radius 3 is 2.22 bits per heavy atom. The maximum absolute atomic E-state index is 9.87. The van der Waals surface area contributed by atoms with Gasteiger partial charge in [-0.05, 0) is 12.8 Å². The van der Waals surface area contributed by atoms with Crippen molar-refractivity contribution in [3.8, 4) is 0 Å². The standard InChI is InChI=1S/C13H27NO4/c15-8-6-14(7-9-16)10-12(17)11-18-13-4-2-1-3-5-13/h12-13,15-17H,1-11H2. The van der Waals surface area contributed by atoms with Crippen LogP contribution in [0.3, 0.4) is 0 Å². The van der Waals surface area contributed by atoms with Crippen LogP contribution in [0.4, 0.5) is 0 Å². The van der Waals surface area contributed by atoms with E-state index in [0.29, 0.717) is 32.3 Å². The first-order valence-corrected chi connectivity index (χ1v) is 7.00. The minimum absolute atomic E-state index is 0.0379. The molecule has 1 unspecified atom stereocenters. The highest BCUT2D eigenvalue weighted by molar-refractivity contribution is 4.68. The average molecular weight is 261 g/mol. The lowest BCUT2D eigenvalue weighted by molar-refractivity contribution is -0.0352. The van der Waals surface area contributed by atoms with Gasteiger partial charge in [-0.15, -0.1) is 0 Å². The second kappa shape index (κ2) is 9.69. The van der Waals surface area contributed by atoms with E-state index in [-0.39, 0.29) is 13.2 Å². The molecule has 0 radical (unpaired) electrons. The predicted octanol–water partition coefficient (Wildman–Crippen LogP) is -0.0168. The highest BCUT2D eigenvalue weighted by Crippen LogP contribution is 2.20. The monoisotopic (exact) mass is 261 g/mol. The molecule has 1 rings (SSSR count). The van der Waals surface area contributed by atoms with Crippen LogP contribution in [-0.2, 0) is 4.74 Å². The van der Waals surface area contributed by atoms with Crippen molar-refractivity contribution in [2.45, 2.75) is 44.3 Å². The first-order chi connectivity index (χ1) is 8.76. The molecule has 1 aliphatic rings. The highest BCUT2D eigenvalue weighted by atomic mass is 16.5. The fourth-order valence-corrected chi connectivity index (χ4v) is 2.41. The minimum Gasteiger partial charge on any atom is -0.395 e. The van der Waals surface area contributed by atoms with Crippen LogP contribution in [0.15, 0.2) is 0 Å². The minimum atomic E-state index is -0.551. The highest BCUT2D eigenvalue weighted by Gasteiger charge is 2.17. The van der Waals surface area contributed by atoms with Crippen LogP contribution in [0, 0.1) is 0 Å². The van der Waals surface area contributed by atoms with Gasteiger partial charge in [0, 0.05) is 19.6 Å². The van der Waals surface area contributed by atoms with Crippen molar-refractivity contribution in [2.24, 2.45) is 0 Å². The van der Waals surface area contributed by atoms with Gasteiger partial charge in [0.05, 0.1) is 32.0 Å². The third-order valence-corrected chi connectivity index (χ3v) is 3.38. The molecule has 0 aromatic rings. The predicted molar refractivity (Wildman–Crippen MR) is 69.4 cm³/mol. The van der Waals surface area contributed by atoms with Gasteiger partial charge < -0.3 is 20.1 Å². The van der Waals surface area contributed by atoms with Gasteiger partial charge in [-0.2, -0.15) is 0 Å². The maximum atomic E-state index is 9.87. The average Bonchev–Trinajstić information content (AvgIpc) is 2.38. The Hall–Kier alpha value is -0.200. The van der Waals surface area contributed by atoms with Crippen LogP contribution >= 0.6 is 0 Å². The molecule has 18 heavy (non-hydrogen) atoms. The first kappa shape index (κ1) is 15.9. The lowest BCUT2D eigenvalue weighted by Crippen LogP contribution is -2.39. The third kappa shape index (κ3) is 6.66. The fraction of sp³-hybridized carbons (Fsp3) is 1.00. The van der Waals surface area contributed by atoms with Crippen LogP contribution in [0.25, 0.3) is 0 Å². The van der Waals surface area contributed by atoms with E-state index in [4.69, 9.17) is 14.9 Å². The smallest absolute Gasteiger partial charge is 0.0900 e. The molecule has 0 saturated heterocycles. The van der Waals surface area contributed by atoms with Gasteiger partial charge in [0.1, 0.15) is 0 Å². The summed E-state index contributed by atoms with van der Waals surface area (Å²) in [4.78, 5) is 1.84. The van der Waals surface area contributed by atoms with Crippen molar-refractivity contribution in [1.82, 2.24) is 4.90 Å². The van der Waals surface area contributed by atoms with Crippen LogP contribution in [0.2, 0.25) is 0 Å². The number of hydrogen-bond donors (Lipinski definition) is 3. The normalized spacial score (nSPS) is 19.3. The molecule has 5 nitrogen and oxygen atoms in total. The van der Waals surface area contributed by atoms with Crippen LogP contribution in [0.1, 0.15) is 32.1 Å². The Labute approximate surface area is 109 Å². The van der Waals surface area contributed by atoms with Crippen molar-refractivity contribution >= 4 is 0 Å². The molecule has 108 valence electrons. The summed E-state index contributed by atoms with van der Waals surface area (Å²) in [7, 11) is 0. The van der Waals surface area contributed by atoms with Gasteiger partial charge in [-0.3, -0.25) is 4.90 Å². The summed E-state index contributed by atoms with van der Waals surface area (Å²) < 4.78 is 5.70. The molecule has 1 aliphatic carbocycles. The molecule has 0 spiro atoms. The summed E-state index contributed by atoms with van der Waals surface area (Å²) in [5.41, 5.74) is 0. The molecule has 5 heteroatoms. The number of aliphatic hydroxyl groups is 3. The molecule has 0 bridgehead atoms. The zero-order valence-electron chi connectivity index (χ0n) is 11.1. The summed E-state index contributed by atoms with van der Waals surface area (Å²) in [6.45, 7) is 1.81. The van der Waals surface area contributed by atoms with Crippen LogP contribution in [0.5, 0.6) is 0 Å². The van der Waals surface area contributed by atoms with Crippen molar-refractivity contribution in [3.05, 3.63) is 0 Å². The van der Waals surface area contributed by atoms with Crippen molar-refractivity contribution in [2.75, 3.05) is 39.5 Å². The topological polar surface area (TPSA) is 73.2 Å². The summed E-state index contributed by atoms with van der Waals surface area (Å²) in [5, 5.41) is 27.6. The molecule has 0 amide bonds. The zero-order chi connectivity index (χ0) is 13.2. The van der Waals surface area contributed by atoms with Gasteiger partial charge >= 0.3 is 0 Å². The SMILES string of the molecule is OCCN(CCO)CC(O)COC1CCCCC1. The summed E-state index contributed by atoms with van der Waals surface area (Å²) >= 11 is 0. The van der Waals surface area contributed by atoms with Gasteiger partial charge in [0.15, 0.2) is 0 Å². The van der Waals surface area contributed by atoms with Gasteiger partial charge in [0.2, 0.25) is 0 Å². The lowest BCUT2D eigenvalue weighted by Gasteiger charge is -2.26. The van der Waals surface area contributed by atoms with Crippen LogP contribution in [-0.4, -0.2) is 71.9 Å². The third-order valence-electron chi connectivity index (χ3n) is 3.38. The van der Waals surface area contributed by atoms with Gasteiger partial charge in [-0.25, -0.2) is 0 Å². The number of aliphatic hydroxyl groups excluding tert-OH is 3. The van der Waals surface area contributed by atoms with Crippen molar-refractivity contribution in [1.29, 1.82) is 0 Å². The van der Waals surface area contributed by atoms with E-state index in [0.717, 1.165) is 12.8 Å². The van der Waals surface area contributed by atoms with Gasteiger partial charge in [-0.1, -0.05) is 19.3 Å². The van der Waals surface area contributed by atoms with E-state index in [1.807, 2.05) is 4.90 Å². The second-order valence-corrected chi connectivity index (χ2v) is 4.99. The molecule has 0 heterocycles.